The number of carboxylic acid groups (broad SMARTS) is 1. The molecule has 2 aromatic rings. The molecule has 0 aliphatic rings. The van der Waals surface area contributed by atoms with Crippen LogP contribution in [0.25, 0.3) is 0 Å². The van der Waals surface area contributed by atoms with Crippen LogP contribution in [-0.2, 0) is 26.8 Å². The van der Waals surface area contributed by atoms with E-state index in [1.807, 2.05) is 0 Å². The van der Waals surface area contributed by atoms with Gasteiger partial charge in [-0.25, -0.2) is 14.7 Å². The Morgan fingerprint density at radius 2 is 1.87 bits per heavy atom. The molecule has 0 aliphatic heterocycles. The van der Waals surface area contributed by atoms with E-state index in [-0.39, 0.29) is 30.0 Å². The van der Waals surface area contributed by atoms with Gasteiger partial charge >= 0.3 is 18.1 Å². The van der Waals surface area contributed by atoms with E-state index in [1.165, 1.54) is 18.3 Å². The molecule has 1 aromatic heterocycles. The summed E-state index contributed by atoms with van der Waals surface area (Å²) in [4.78, 5) is 29.4. The Morgan fingerprint density at radius 3 is 2.41 bits per heavy atom. The molecule has 0 fully saturated rings. The van der Waals surface area contributed by atoms with Crippen LogP contribution in [0.15, 0.2) is 30.5 Å². The number of carbonyl (C=O) groups excluding carboxylic acids is 1. The SMILES string of the molecule is Cc1ccnc(C(F)(F)CNc2ccc(C#N)c(CC(=O)NCCONC(=N)N)c2F)c1.O=C(O)C(F)(F)F. The minimum atomic E-state index is -5.08. The van der Waals surface area contributed by atoms with E-state index in [0.717, 1.165) is 6.07 Å². The fraction of sp³-hybridized carbons (Fsp3) is 0.318. The highest BCUT2D eigenvalue weighted by Crippen LogP contribution is 2.29. The third-order valence-corrected chi connectivity index (χ3v) is 4.44. The number of nitrogens with zero attached hydrogens (tertiary/aromatic N) is 2. The number of guanidine groups is 1. The first-order chi connectivity index (χ1) is 18.1. The number of rotatable bonds is 10. The van der Waals surface area contributed by atoms with Gasteiger partial charge in [-0.3, -0.25) is 20.0 Å². The number of nitrogens with one attached hydrogen (secondary N) is 4. The molecule has 17 heteroatoms. The van der Waals surface area contributed by atoms with Gasteiger partial charge in [0.15, 0.2) is 5.82 Å². The van der Waals surface area contributed by atoms with Crippen molar-refractivity contribution in [3.63, 3.8) is 0 Å². The van der Waals surface area contributed by atoms with Crippen LogP contribution in [0.3, 0.4) is 0 Å². The van der Waals surface area contributed by atoms with E-state index < -0.39 is 54.4 Å². The van der Waals surface area contributed by atoms with Gasteiger partial charge in [-0.1, -0.05) is 0 Å². The van der Waals surface area contributed by atoms with Crippen LogP contribution in [0, 0.1) is 29.5 Å². The summed E-state index contributed by atoms with van der Waals surface area (Å²) >= 11 is 0. The number of aryl methyl sites for hydroxylation is 1. The Hall–Kier alpha value is -4.59. The van der Waals surface area contributed by atoms with Crippen molar-refractivity contribution in [1.29, 1.82) is 10.7 Å². The lowest BCUT2D eigenvalue weighted by Crippen LogP contribution is -2.35. The van der Waals surface area contributed by atoms with Gasteiger partial charge in [0.25, 0.3) is 0 Å². The zero-order valence-electron chi connectivity index (χ0n) is 20.1. The first kappa shape index (κ1) is 32.4. The minimum absolute atomic E-state index is 0.0241. The number of nitrogens with two attached hydrogens (primary N) is 1. The van der Waals surface area contributed by atoms with Gasteiger partial charge in [0.1, 0.15) is 5.69 Å². The third kappa shape index (κ3) is 11.1. The maximum absolute atomic E-state index is 14.9. The zero-order valence-corrected chi connectivity index (χ0v) is 20.1. The molecule has 0 aliphatic carbocycles. The molecular weight excluding hydrogens is 540 g/mol. The number of hydroxylamine groups is 1. The lowest BCUT2D eigenvalue weighted by molar-refractivity contribution is -0.192. The molecule has 7 N–H and O–H groups in total. The van der Waals surface area contributed by atoms with E-state index in [9.17, 15) is 36.4 Å². The number of benzene rings is 1. The van der Waals surface area contributed by atoms with E-state index in [4.69, 9.17) is 25.9 Å². The van der Waals surface area contributed by atoms with Gasteiger partial charge in [0.05, 0.1) is 36.9 Å². The quantitative estimate of drug-likeness (QED) is 0.0829. The first-order valence-corrected chi connectivity index (χ1v) is 10.6. The molecule has 1 aromatic carbocycles. The average Bonchev–Trinajstić information content (AvgIpc) is 2.84. The number of pyridine rings is 1. The molecular formula is C22H23F6N7O4. The second-order valence-electron chi connectivity index (χ2n) is 7.54. The molecule has 212 valence electrons. The van der Waals surface area contributed by atoms with Gasteiger partial charge in [-0.2, -0.15) is 27.2 Å². The predicted octanol–water partition coefficient (Wildman–Crippen LogP) is 2.31. The van der Waals surface area contributed by atoms with E-state index in [2.05, 4.69) is 21.1 Å². The summed E-state index contributed by atoms with van der Waals surface area (Å²) in [5, 5.41) is 28.0. The van der Waals surface area contributed by atoms with Gasteiger partial charge in [-0.15, -0.1) is 0 Å². The fourth-order valence-electron chi connectivity index (χ4n) is 2.66. The number of aromatic nitrogens is 1. The Morgan fingerprint density at radius 1 is 1.23 bits per heavy atom. The van der Waals surface area contributed by atoms with Crippen molar-refractivity contribution in [2.75, 3.05) is 25.0 Å². The second kappa shape index (κ2) is 14.4. The number of carboxylic acids is 1. The monoisotopic (exact) mass is 563 g/mol. The van der Waals surface area contributed by atoms with Crippen LogP contribution in [0.5, 0.6) is 0 Å². The van der Waals surface area contributed by atoms with Crippen molar-refractivity contribution in [1.82, 2.24) is 15.8 Å². The molecule has 0 unspecified atom stereocenters. The maximum atomic E-state index is 14.9. The molecule has 39 heavy (non-hydrogen) atoms. The number of halogens is 6. The van der Waals surface area contributed by atoms with Crippen LogP contribution in [-0.4, -0.2) is 53.8 Å². The van der Waals surface area contributed by atoms with Crippen molar-refractivity contribution in [2.24, 2.45) is 5.73 Å². The van der Waals surface area contributed by atoms with Crippen molar-refractivity contribution in [3.8, 4) is 6.07 Å². The fourth-order valence-corrected chi connectivity index (χ4v) is 2.66. The Balaban J connectivity index is 0.000000956. The standard InChI is InChI=1S/C20H22F3N7O2.C2HF3O2/c1-12-4-5-27-16(8-12)20(22,23)11-29-15-3-2-13(10-24)14(18(15)21)9-17(31)28-6-7-32-30-19(25)26;3-2(4,5)1(6)7/h2-5,8,29H,6-7,9,11H2,1H3,(H,28,31)(H4,25,26,30);(H,6,7). The summed E-state index contributed by atoms with van der Waals surface area (Å²) < 4.78 is 75.6. The van der Waals surface area contributed by atoms with Crippen LogP contribution in [0.2, 0.25) is 0 Å². The molecule has 1 heterocycles. The van der Waals surface area contributed by atoms with E-state index in [1.54, 1.807) is 19.1 Å². The topological polar surface area (TPSA) is 186 Å². The van der Waals surface area contributed by atoms with Crippen LogP contribution >= 0.6 is 0 Å². The second-order valence-corrected chi connectivity index (χ2v) is 7.54. The molecule has 0 saturated carbocycles. The molecule has 0 saturated heterocycles. The Kier molecular flexibility index (Phi) is 12.0. The molecule has 0 radical (unpaired) electrons. The van der Waals surface area contributed by atoms with Crippen molar-refractivity contribution in [2.45, 2.75) is 25.4 Å². The van der Waals surface area contributed by atoms with E-state index in [0.29, 0.717) is 5.56 Å². The van der Waals surface area contributed by atoms with Crippen LogP contribution in [0.1, 0.15) is 22.4 Å². The maximum Gasteiger partial charge on any atom is 0.490 e. The molecule has 0 bridgehead atoms. The summed E-state index contributed by atoms with van der Waals surface area (Å²) in [5.74, 6) is -8.13. The number of anilines is 1. The number of hydrogen-bond donors (Lipinski definition) is 6. The predicted molar refractivity (Wildman–Crippen MR) is 124 cm³/mol. The summed E-state index contributed by atoms with van der Waals surface area (Å²) in [6.07, 6.45) is -4.31. The summed E-state index contributed by atoms with van der Waals surface area (Å²) in [6, 6.07) is 7.01. The number of amides is 1. The first-order valence-electron chi connectivity index (χ1n) is 10.6. The molecule has 1 amide bonds. The number of hydrogen-bond acceptors (Lipinski definition) is 7. The van der Waals surface area contributed by atoms with Gasteiger partial charge in [-0.05, 0) is 36.8 Å². The number of carbonyl (C=O) groups is 2. The summed E-state index contributed by atoms with van der Waals surface area (Å²) in [6.45, 7) is 0.718. The number of alkyl halides is 5. The highest BCUT2D eigenvalue weighted by Gasteiger charge is 2.38. The minimum Gasteiger partial charge on any atom is -0.475 e. The lowest BCUT2D eigenvalue weighted by Gasteiger charge is -2.19. The lowest BCUT2D eigenvalue weighted by atomic mass is 10.0. The normalized spacial score (nSPS) is 10.9. The van der Waals surface area contributed by atoms with Crippen LogP contribution < -0.4 is 21.8 Å². The van der Waals surface area contributed by atoms with Gasteiger partial charge in [0, 0.05) is 18.3 Å². The molecule has 0 atom stereocenters. The van der Waals surface area contributed by atoms with Crippen molar-refractivity contribution in [3.05, 3.63) is 58.7 Å². The molecule has 0 spiro atoms. The van der Waals surface area contributed by atoms with Crippen molar-refractivity contribution < 1.29 is 45.9 Å². The van der Waals surface area contributed by atoms with Crippen LogP contribution in [0.4, 0.5) is 32.0 Å². The smallest absolute Gasteiger partial charge is 0.475 e. The highest BCUT2D eigenvalue weighted by molar-refractivity contribution is 5.80. The third-order valence-electron chi connectivity index (χ3n) is 4.44. The Labute approximate surface area is 217 Å². The average molecular weight is 563 g/mol. The highest BCUT2D eigenvalue weighted by atomic mass is 19.4. The van der Waals surface area contributed by atoms with Gasteiger partial charge < -0.3 is 21.5 Å². The Bertz CT molecular complexity index is 1220. The largest absolute Gasteiger partial charge is 0.490 e. The van der Waals surface area contributed by atoms with E-state index >= 15 is 0 Å². The number of aliphatic carboxylic acids is 1. The zero-order chi connectivity index (χ0) is 29.8. The summed E-state index contributed by atoms with van der Waals surface area (Å²) in [5.41, 5.74) is 6.66. The van der Waals surface area contributed by atoms with Crippen molar-refractivity contribution >= 4 is 23.5 Å². The molecule has 2 rings (SSSR count). The summed E-state index contributed by atoms with van der Waals surface area (Å²) in [7, 11) is 0. The van der Waals surface area contributed by atoms with Gasteiger partial charge in [0.2, 0.25) is 11.9 Å². The number of nitriles is 1. The molecule has 11 nitrogen and oxygen atoms in total.